The quantitative estimate of drug-likeness (QED) is 0.773. The lowest BCUT2D eigenvalue weighted by atomic mass is 9.94. The van der Waals surface area contributed by atoms with E-state index in [1.165, 1.54) is 37.1 Å². The average molecular weight is 220 g/mol. The molecule has 3 rings (SSSR count). The van der Waals surface area contributed by atoms with Crippen molar-refractivity contribution in [2.75, 3.05) is 6.54 Å². The molecule has 0 spiro atoms. The van der Waals surface area contributed by atoms with Gasteiger partial charge in [-0.1, -0.05) is 0 Å². The summed E-state index contributed by atoms with van der Waals surface area (Å²) in [6.07, 6.45) is 6.24. The molecule has 0 amide bonds. The maximum Gasteiger partial charge on any atom is 0.0968 e. The van der Waals surface area contributed by atoms with Crippen LogP contribution >= 0.6 is 11.3 Å². The molecule has 80 valence electrons. The van der Waals surface area contributed by atoms with Crippen LogP contribution in [0.5, 0.6) is 0 Å². The van der Waals surface area contributed by atoms with E-state index in [9.17, 15) is 0 Å². The summed E-state index contributed by atoms with van der Waals surface area (Å²) in [5, 5.41) is 5.84. The van der Waals surface area contributed by atoms with Gasteiger partial charge < -0.3 is 5.32 Å². The molecule has 2 nitrogen and oxygen atoms in total. The molecule has 1 aliphatic carbocycles. The van der Waals surface area contributed by atoms with Crippen LogP contribution in [0.3, 0.4) is 0 Å². The minimum Gasteiger partial charge on any atom is -0.367 e. The number of aliphatic imine (C=N–C) groups is 1. The zero-order valence-corrected chi connectivity index (χ0v) is 9.65. The van der Waals surface area contributed by atoms with Gasteiger partial charge in [-0.2, -0.15) is 0 Å². The predicted molar refractivity (Wildman–Crippen MR) is 64.7 cm³/mol. The summed E-state index contributed by atoms with van der Waals surface area (Å²) < 4.78 is 0. The average Bonchev–Trinajstić information content (AvgIpc) is 2.87. The summed E-state index contributed by atoms with van der Waals surface area (Å²) in [6, 6.07) is 2.82. The van der Waals surface area contributed by atoms with E-state index in [1.54, 1.807) is 4.88 Å². The first kappa shape index (κ1) is 9.40. The van der Waals surface area contributed by atoms with Gasteiger partial charge in [0.1, 0.15) is 0 Å². The molecule has 1 N–H and O–H groups in total. The van der Waals surface area contributed by atoms with Crippen LogP contribution in [0, 0.1) is 0 Å². The third-order valence-electron chi connectivity index (χ3n) is 3.27. The second-order valence-corrected chi connectivity index (χ2v) is 5.32. The molecule has 0 fully saturated rings. The Morgan fingerprint density at radius 1 is 1.33 bits per heavy atom. The summed E-state index contributed by atoms with van der Waals surface area (Å²) in [5.41, 5.74) is 1.53. The third-order valence-corrected chi connectivity index (χ3v) is 4.26. The van der Waals surface area contributed by atoms with E-state index in [2.05, 4.69) is 21.8 Å². The van der Waals surface area contributed by atoms with Crippen molar-refractivity contribution in [3.05, 3.63) is 21.9 Å². The maximum absolute atomic E-state index is 4.50. The number of hydrogen-bond donors (Lipinski definition) is 1. The van der Waals surface area contributed by atoms with Gasteiger partial charge in [-0.25, -0.2) is 0 Å². The molecule has 15 heavy (non-hydrogen) atoms. The van der Waals surface area contributed by atoms with Crippen LogP contribution in [0.2, 0.25) is 0 Å². The highest BCUT2D eigenvalue weighted by Gasteiger charge is 2.22. The number of aryl methyl sites for hydroxylation is 1. The van der Waals surface area contributed by atoms with Crippen LogP contribution in [-0.4, -0.2) is 12.4 Å². The molecular formula is C12H16N2S. The van der Waals surface area contributed by atoms with Gasteiger partial charge in [-0.05, 0) is 42.7 Å². The van der Waals surface area contributed by atoms with Crippen LogP contribution in [0.4, 0.5) is 0 Å². The topological polar surface area (TPSA) is 24.4 Å². The van der Waals surface area contributed by atoms with E-state index in [0.29, 0.717) is 6.04 Å². The van der Waals surface area contributed by atoms with Gasteiger partial charge in [0, 0.05) is 17.8 Å². The van der Waals surface area contributed by atoms with E-state index in [0.717, 1.165) is 13.0 Å². The van der Waals surface area contributed by atoms with Crippen molar-refractivity contribution in [3.63, 3.8) is 0 Å². The maximum atomic E-state index is 4.50. The van der Waals surface area contributed by atoms with Gasteiger partial charge in [-0.3, -0.25) is 4.99 Å². The first-order chi connectivity index (χ1) is 7.43. The molecule has 2 aliphatic rings. The van der Waals surface area contributed by atoms with E-state index >= 15 is 0 Å². The molecule has 0 saturated heterocycles. The highest BCUT2D eigenvalue weighted by atomic mass is 32.1. The molecule has 0 radical (unpaired) electrons. The Balaban J connectivity index is 1.78. The Hall–Kier alpha value is -0.830. The lowest BCUT2D eigenvalue weighted by molar-refractivity contribution is 0.531. The zero-order valence-electron chi connectivity index (χ0n) is 8.83. The van der Waals surface area contributed by atoms with E-state index < -0.39 is 0 Å². The van der Waals surface area contributed by atoms with E-state index in [1.807, 2.05) is 11.3 Å². The van der Waals surface area contributed by atoms with Crippen molar-refractivity contribution in [2.45, 2.75) is 38.1 Å². The molecule has 2 heterocycles. The van der Waals surface area contributed by atoms with Crippen molar-refractivity contribution in [2.24, 2.45) is 4.99 Å². The highest BCUT2D eigenvalue weighted by molar-refractivity contribution is 7.10. The lowest BCUT2D eigenvalue weighted by Gasteiger charge is -2.24. The van der Waals surface area contributed by atoms with Crippen molar-refractivity contribution in [1.82, 2.24) is 5.32 Å². The summed E-state index contributed by atoms with van der Waals surface area (Å²) >= 11 is 1.91. The number of nitrogens with one attached hydrogen (secondary N) is 1. The number of amidine groups is 1. The second kappa shape index (κ2) is 3.97. The molecule has 1 aromatic rings. The van der Waals surface area contributed by atoms with Gasteiger partial charge >= 0.3 is 0 Å². The summed E-state index contributed by atoms with van der Waals surface area (Å²) in [4.78, 5) is 6.08. The van der Waals surface area contributed by atoms with Crippen molar-refractivity contribution >= 4 is 17.2 Å². The lowest BCUT2D eigenvalue weighted by Crippen LogP contribution is -2.29. The molecule has 3 heteroatoms. The van der Waals surface area contributed by atoms with Gasteiger partial charge in [0.05, 0.1) is 11.9 Å². The number of nitrogens with zero attached hydrogens (tertiary/aromatic N) is 1. The van der Waals surface area contributed by atoms with Gasteiger partial charge in [0.25, 0.3) is 0 Å². The Bertz CT molecular complexity index is 381. The Morgan fingerprint density at radius 2 is 2.33 bits per heavy atom. The number of thiophene rings is 1. The minimum atomic E-state index is 0.539. The largest absolute Gasteiger partial charge is 0.367 e. The fourth-order valence-electron chi connectivity index (χ4n) is 2.49. The van der Waals surface area contributed by atoms with Crippen molar-refractivity contribution in [3.8, 4) is 0 Å². The molecule has 1 unspecified atom stereocenters. The summed E-state index contributed by atoms with van der Waals surface area (Å²) in [7, 11) is 0. The third kappa shape index (κ3) is 1.81. The SMILES string of the molecule is c1cc2c(s1)CCCC2NC1=NCCC1. The van der Waals surface area contributed by atoms with Gasteiger partial charge in [-0.15, -0.1) is 11.3 Å². The number of rotatable bonds is 1. The number of fused-ring (bicyclic) bond motifs is 1. The second-order valence-electron chi connectivity index (χ2n) is 4.32. The molecule has 1 aliphatic heterocycles. The predicted octanol–water partition coefficient (Wildman–Crippen LogP) is 2.91. The highest BCUT2D eigenvalue weighted by Crippen LogP contribution is 2.33. The Morgan fingerprint density at radius 3 is 3.20 bits per heavy atom. The normalized spacial score (nSPS) is 24.8. The van der Waals surface area contributed by atoms with E-state index in [4.69, 9.17) is 0 Å². The molecule has 1 aromatic heterocycles. The fraction of sp³-hybridized carbons (Fsp3) is 0.583. The fourth-order valence-corrected chi connectivity index (χ4v) is 3.48. The van der Waals surface area contributed by atoms with Crippen LogP contribution in [0.1, 0.15) is 42.2 Å². The van der Waals surface area contributed by atoms with Gasteiger partial charge in [0.15, 0.2) is 0 Å². The Labute approximate surface area is 94.4 Å². The molecule has 1 atom stereocenters. The van der Waals surface area contributed by atoms with Crippen molar-refractivity contribution < 1.29 is 0 Å². The smallest absolute Gasteiger partial charge is 0.0968 e. The van der Waals surface area contributed by atoms with Gasteiger partial charge in [0.2, 0.25) is 0 Å². The van der Waals surface area contributed by atoms with Crippen molar-refractivity contribution in [1.29, 1.82) is 0 Å². The minimum absolute atomic E-state index is 0.539. The zero-order chi connectivity index (χ0) is 10.1. The summed E-state index contributed by atoms with van der Waals surface area (Å²) in [5.74, 6) is 1.24. The first-order valence-corrected chi connectivity index (χ1v) is 6.67. The van der Waals surface area contributed by atoms with E-state index in [-0.39, 0.29) is 0 Å². The number of hydrogen-bond acceptors (Lipinski definition) is 3. The van der Waals surface area contributed by atoms with Crippen LogP contribution in [0.15, 0.2) is 16.4 Å². The van der Waals surface area contributed by atoms with Crippen LogP contribution in [-0.2, 0) is 6.42 Å². The summed E-state index contributed by atoms with van der Waals surface area (Å²) in [6.45, 7) is 1.02. The first-order valence-electron chi connectivity index (χ1n) is 5.79. The monoisotopic (exact) mass is 220 g/mol. The van der Waals surface area contributed by atoms with Crippen LogP contribution < -0.4 is 5.32 Å². The molecular weight excluding hydrogens is 204 g/mol. The Kier molecular flexibility index (Phi) is 2.49. The molecule has 0 bridgehead atoms. The van der Waals surface area contributed by atoms with Crippen LogP contribution in [0.25, 0.3) is 0 Å². The molecule has 0 aromatic carbocycles. The molecule has 0 saturated carbocycles. The standard InChI is InChI=1S/C12H16N2S/c1-3-10(14-12-5-2-7-13-12)9-6-8-15-11(9)4-1/h6,8,10H,1-5,7H2,(H,13,14).